The summed E-state index contributed by atoms with van der Waals surface area (Å²) < 4.78 is 0. The minimum absolute atomic E-state index is 0.798. The molecule has 1 fully saturated rings. The zero-order valence-electron chi connectivity index (χ0n) is 19.5. The van der Waals surface area contributed by atoms with Crippen molar-refractivity contribution in [2.75, 3.05) is 31.5 Å². The average molecular weight is 450 g/mol. The van der Waals surface area contributed by atoms with E-state index in [-0.39, 0.29) is 0 Å². The van der Waals surface area contributed by atoms with Crippen LogP contribution < -0.4 is 5.32 Å². The number of piperidine rings is 1. The molecule has 0 amide bonds. The van der Waals surface area contributed by atoms with E-state index in [4.69, 9.17) is 0 Å². The van der Waals surface area contributed by atoms with Crippen LogP contribution in [-0.2, 0) is 6.42 Å². The molecule has 1 saturated heterocycles. The maximum atomic E-state index is 4.59. The molecule has 0 spiro atoms. The normalized spacial score (nSPS) is 14.7. The Hall–Kier alpha value is -3.57. The summed E-state index contributed by atoms with van der Waals surface area (Å²) in [4.78, 5) is 6.70. The van der Waals surface area contributed by atoms with Gasteiger partial charge in [-0.2, -0.15) is 0 Å². The number of pyridine rings is 1. The molecule has 0 aliphatic carbocycles. The van der Waals surface area contributed by atoms with Crippen molar-refractivity contribution in [3.05, 3.63) is 96.8 Å². The minimum atomic E-state index is 0.798. The van der Waals surface area contributed by atoms with Crippen molar-refractivity contribution in [1.82, 2.24) is 20.1 Å². The van der Waals surface area contributed by atoms with Crippen LogP contribution in [0.1, 0.15) is 18.4 Å². The van der Waals surface area contributed by atoms with Crippen molar-refractivity contribution in [3.8, 4) is 22.4 Å². The highest BCUT2D eigenvalue weighted by Gasteiger charge is 2.19. The van der Waals surface area contributed by atoms with Crippen LogP contribution in [0.2, 0.25) is 0 Å². The van der Waals surface area contributed by atoms with E-state index in [1.54, 1.807) is 12.4 Å². The molecular formula is C29H31N5. The Bertz CT molecular complexity index is 1160. The molecule has 5 rings (SSSR count). The van der Waals surface area contributed by atoms with E-state index in [0.717, 1.165) is 47.2 Å². The first-order chi connectivity index (χ1) is 16.8. The van der Waals surface area contributed by atoms with Crippen LogP contribution in [0.25, 0.3) is 22.4 Å². The average Bonchev–Trinajstić information content (AvgIpc) is 2.91. The number of benzene rings is 2. The number of hydrogen-bond donors (Lipinski definition) is 1. The molecule has 2 aromatic carbocycles. The van der Waals surface area contributed by atoms with Gasteiger partial charge in [-0.05, 0) is 67.6 Å². The van der Waals surface area contributed by atoms with E-state index >= 15 is 0 Å². The first-order valence-electron chi connectivity index (χ1n) is 12.2. The molecule has 5 heteroatoms. The molecule has 0 unspecified atom stereocenters. The number of nitrogens with one attached hydrogen (secondary N) is 1. The fourth-order valence-electron chi connectivity index (χ4n) is 4.74. The quantitative estimate of drug-likeness (QED) is 0.381. The van der Waals surface area contributed by atoms with Gasteiger partial charge in [0.1, 0.15) is 11.5 Å². The first kappa shape index (κ1) is 22.2. The molecule has 0 radical (unpaired) electrons. The molecule has 172 valence electrons. The monoisotopic (exact) mass is 449 g/mol. The van der Waals surface area contributed by atoms with Gasteiger partial charge < -0.3 is 10.2 Å². The molecule has 1 N–H and O–H groups in total. The van der Waals surface area contributed by atoms with Crippen LogP contribution in [0.4, 0.5) is 5.82 Å². The molecule has 0 saturated carbocycles. The molecule has 1 aliphatic rings. The van der Waals surface area contributed by atoms with Gasteiger partial charge in [-0.3, -0.25) is 4.98 Å². The van der Waals surface area contributed by atoms with Gasteiger partial charge in [0.05, 0.1) is 0 Å². The Morgan fingerprint density at radius 1 is 0.794 bits per heavy atom. The van der Waals surface area contributed by atoms with Gasteiger partial charge in [0.25, 0.3) is 0 Å². The van der Waals surface area contributed by atoms with Crippen molar-refractivity contribution in [3.63, 3.8) is 0 Å². The lowest BCUT2D eigenvalue weighted by Crippen LogP contribution is -2.37. The lowest BCUT2D eigenvalue weighted by atomic mass is 9.90. The van der Waals surface area contributed by atoms with Gasteiger partial charge in [0.15, 0.2) is 0 Å². The van der Waals surface area contributed by atoms with Crippen LogP contribution in [-0.4, -0.2) is 46.3 Å². The molecule has 0 atom stereocenters. The van der Waals surface area contributed by atoms with E-state index in [1.807, 2.05) is 18.2 Å². The number of likely N-dealkylation sites (tertiary alicyclic amines) is 1. The van der Waals surface area contributed by atoms with Crippen molar-refractivity contribution in [1.29, 1.82) is 0 Å². The highest BCUT2D eigenvalue weighted by atomic mass is 15.2. The van der Waals surface area contributed by atoms with Crippen molar-refractivity contribution < 1.29 is 0 Å². The summed E-state index contributed by atoms with van der Waals surface area (Å²) in [6, 6.07) is 27.3. The molecule has 4 aromatic rings. The van der Waals surface area contributed by atoms with Crippen molar-refractivity contribution in [2.45, 2.75) is 19.3 Å². The third kappa shape index (κ3) is 5.67. The fraction of sp³-hybridized carbons (Fsp3) is 0.276. The number of rotatable bonds is 8. The number of anilines is 1. The summed E-state index contributed by atoms with van der Waals surface area (Å²) in [6.07, 6.45) is 7.33. The lowest BCUT2D eigenvalue weighted by molar-refractivity contribution is 0.190. The van der Waals surface area contributed by atoms with Crippen LogP contribution in [0.15, 0.2) is 91.3 Å². The van der Waals surface area contributed by atoms with Gasteiger partial charge in [-0.1, -0.05) is 60.7 Å². The summed E-state index contributed by atoms with van der Waals surface area (Å²) in [7, 11) is 0. The van der Waals surface area contributed by atoms with Crippen molar-refractivity contribution in [2.24, 2.45) is 5.92 Å². The van der Waals surface area contributed by atoms with Gasteiger partial charge in [-0.15, -0.1) is 10.2 Å². The first-order valence-corrected chi connectivity index (χ1v) is 12.2. The van der Waals surface area contributed by atoms with Crippen LogP contribution in [0.5, 0.6) is 0 Å². The van der Waals surface area contributed by atoms with E-state index in [9.17, 15) is 0 Å². The SMILES string of the molecule is c1ccc(CC2CCN(CCNc3cc(-c4ccccc4)c(-c4ccncc4)nn3)CC2)cc1. The van der Waals surface area contributed by atoms with Crippen LogP contribution >= 0.6 is 0 Å². The summed E-state index contributed by atoms with van der Waals surface area (Å²) >= 11 is 0. The van der Waals surface area contributed by atoms with E-state index < -0.39 is 0 Å². The Balaban J connectivity index is 1.18. The second-order valence-electron chi connectivity index (χ2n) is 9.00. The molecule has 0 bridgehead atoms. The standard InChI is InChI=1S/C29H31N5/c1-3-7-23(8-4-1)21-24-13-18-34(19-14-24)20-17-31-28-22-27(25-9-5-2-6-10-25)29(33-32-28)26-11-15-30-16-12-26/h1-12,15-16,22,24H,13-14,17-21H2,(H,31,32). The van der Waals surface area contributed by atoms with Crippen LogP contribution in [0.3, 0.4) is 0 Å². The third-order valence-electron chi connectivity index (χ3n) is 6.64. The lowest BCUT2D eigenvalue weighted by Gasteiger charge is -2.32. The van der Waals surface area contributed by atoms with Gasteiger partial charge in [0, 0.05) is 36.6 Å². The smallest absolute Gasteiger partial charge is 0.149 e. The zero-order chi connectivity index (χ0) is 23.0. The minimum Gasteiger partial charge on any atom is -0.367 e. The van der Waals surface area contributed by atoms with Gasteiger partial charge >= 0.3 is 0 Å². The van der Waals surface area contributed by atoms with Crippen LogP contribution in [0, 0.1) is 5.92 Å². The maximum Gasteiger partial charge on any atom is 0.149 e. The summed E-state index contributed by atoms with van der Waals surface area (Å²) in [5.74, 6) is 1.61. The topological polar surface area (TPSA) is 53.9 Å². The second-order valence-corrected chi connectivity index (χ2v) is 9.00. The summed E-state index contributed by atoms with van der Waals surface area (Å²) in [6.45, 7) is 4.22. The third-order valence-corrected chi connectivity index (χ3v) is 6.64. The van der Waals surface area contributed by atoms with Crippen molar-refractivity contribution >= 4 is 5.82 Å². The zero-order valence-corrected chi connectivity index (χ0v) is 19.5. The molecule has 3 heterocycles. The summed E-state index contributed by atoms with van der Waals surface area (Å²) in [5.41, 5.74) is 5.57. The second kappa shape index (κ2) is 11.0. The van der Waals surface area contributed by atoms with E-state index in [1.165, 1.54) is 37.9 Å². The molecule has 34 heavy (non-hydrogen) atoms. The molecule has 2 aromatic heterocycles. The number of aromatic nitrogens is 3. The highest BCUT2D eigenvalue weighted by molar-refractivity contribution is 5.81. The maximum absolute atomic E-state index is 4.59. The molecular weight excluding hydrogens is 418 g/mol. The molecule has 5 nitrogen and oxygen atoms in total. The Morgan fingerprint density at radius 3 is 2.24 bits per heavy atom. The fourth-order valence-corrected chi connectivity index (χ4v) is 4.74. The molecule has 1 aliphatic heterocycles. The Kier molecular flexibility index (Phi) is 7.22. The Morgan fingerprint density at radius 2 is 1.50 bits per heavy atom. The predicted octanol–water partition coefficient (Wildman–Crippen LogP) is 5.57. The largest absolute Gasteiger partial charge is 0.367 e. The van der Waals surface area contributed by atoms with Gasteiger partial charge in [0.2, 0.25) is 0 Å². The van der Waals surface area contributed by atoms with Gasteiger partial charge in [-0.25, -0.2) is 0 Å². The highest BCUT2D eigenvalue weighted by Crippen LogP contribution is 2.31. The Labute approximate surface area is 201 Å². The van der Waals surface area contributed by atoms with E-state index in [0.29, 0.717) is 0 Å². The predicted molar refractivity (Wildman–Crippen MR) is 138 cm³/mol. The number of nitrogens with zero attached hydrogens (tertiary/aromatic N) is 4. The van der Waals surface area contributed by atoms with E-state index in [2.05, 4.69) is 86.1 Å². The summed E-state index contributed by atoms with van der Waals surface area (Å²) in [5, 5.41) is 12.6. The number of hydrogen-bond acceptors (Lipinski definition) is 5.